The first-order valence-corrected chi connectivity index (χ1v) is 7.41. The molecule has 14 heavy (non-hydrogen) atoms. The number of carbonyl (C=O) groups is 1. The second kappa shape index (κ2) is 4.69. The van der Waals surface area contributed by atoms with E-state index in [2.05, 4.69) is 6.58 Å². The van der Waals surface area contributed by atoms with Crippen molar-refractivity contribution in [2.75, 3.05) is 11.5 Å². The maximum Gasteiger partial charge on any atom is 0.266 e. The van der Waals surface area contributed by atoms with E-state index in [0.29, 0.717) is 5.75 Å². The Balaban J connectivity index is 2.50. The lowest BCUT2D eigenvalue weighted by Gasteiger charge is -2.05. The predicted octanol–water partition coefficient (Wildman–Crippen LogP) is 0.804. The predicted molar refractivity (Wildman–Crippen MR) is 59.2 cm³/mol. The van der Waals surface area contributed by atoms with Crippen molar-refractivity contribution in [3.8, 4) is 0 Å². The minimum Gasteiger partial charge on any atom is -0.294 e. The minimum atomic E-state index is -3.94. The summed E-state index contributed by atoms with van der Waals surface area (Å²) in [6.07, 6.45) is 1.24. The van der Waals surface area contributed by atoms with Gasteiger partial charge < -0.3 is 0 Å². The van der Waals surface area contributed by atoms with Gasteiger partial charge in [0.15, 0.2) is 5.78 Å². The topological polar surface area (TPSA) is 71.4 Å². The SMILES string of the molecule is C=CC(=O)C1CSC(CS(=O)(=O)O)S1. The van der Waals surface area contributed by atoms with Crippen LogP contribution in [0.2, 0.25) is 0 Å². The Kier molecular flexibility index (Phi) is 4.05. The number of hydrogen-bond acceptors (Lipinski definition) is 5. The highest BCUT2D eigenvalue weighted by molar-refractivity contribution is 8.21. The molecule has 1 N–H and O–H groups in total. The maximum absolute atomic E-state index is 11.2. The molecule has 0 aromatic heterocycles. The number of rotatable bonds is 4. The van der Waals surface area contributed by atoms with Crippen LogP contribution in [0.5, 0.6) is 0 Å². The summed E-state index contributed by atoms with van der Waals surface area (Å²) in [6, 6.07) is 0. The molecule has 0 amide bonds. The molecule has 0 radical (unpaired) electrons. The van der Waals surface area contributed by atoms with Crippen LogP contribution < -0.4 is 0 Å². The lowest BCUT2D eigenvalue weighted by Crippen LogP contribution is -2.16. The molecule has 0 spiro atoms. The van der Waals surface area contributed by atoms with E-state index in [9.17, 15) is 13.2 Å². The average molecular weight is 254 g/mol. The summed E-state index contributed by atoms with van der Waals surface area (Å²) in [4.78, 5) is 11.2. The zero-order valence-corrected chi connectivity index (χ0v) is 9.70. The van der Waals surface area contributed by atoms with Crippen molar-refractivity contribution >= 4 is 39.4 Å². The van der Waals surface area contributed by atoms with Gasteiger partial charge in [-0.15, -0.1) is 23.5 Å². The van der Waals surface area contributed by atoms with Gasteiger partial charge in [0.05, 0.1) is 15.6 Å². The number of hydrogen-bond donors (Lipinski definition) is 1. The van der Waals surface area contributed by atoms with Gasteiger partial charge in [0.2, 0.25) is 0 Å². The molecule has 1 aliphatic rings. The quantitative estimate of drug-likeness (QED) is 0.591. The van der Waals surface area contributed by atoms with E-state index in [1.807, 2.05) is 0 Å². The van der Waals surface area contributed by atoms with Crippen LogP contribution in [-0.2, 0) is 14.9 Å². The average Bonchev–Trinajstić information content (AvgIpc) is 2.48. The number of allylic oxidation sites excluding steroid dienone is 1. The van der Waals surface area contributed by atoms with Crippen molar-refractivity contribution in [3.05, 3.63) is 12.7 Å². The van der Waals surface area contributed by atoms with Gasteiger partial charge in [0.25, 0.3) is 10.1 Å². The summed E-state index contributed by atoms with van der Waals surface area (Å²) in [5, 5.41) is -0.218. The monoisotopic (exact) mass is 254 g/mol. The zero-order chi connectivity index (χ0) is 10.8. The van der Waals surface area contributed by atoms with Gasteiger partial charge in [-0.2, -0.15) is 8.42 Å². The molecule has 0 bridgehead atoms. The van der Waals surface area contributed by atoms with E-state index >= 15 is 0 Å². The van der Waals surface area contributed by atoms with Gasteiger partial charge in [-0.25, -0.2) is 0 Å². The van der Waals surface area contributed by atoms with E-state index in [1.165, 1.54) is 29.6 Å². The summed E-state index contributed by atoms with van der Waals surface area (Å²) < 4.78 is 29.5. The van der Waals surface area contributed by atoms with Gasteiger partial charge in [-0.1, -0.05) is 6.58 Å². The minimum absolute atomic E-state index is 0.0830. The Hall–Kier alpha value is 0.0200. The van der Waals surface area contributed by atoms with Crippen LogP contribution in [0.1, 0.15) is 0 Å². The van der Waals surface area contributed by atoms with Crippen LogP contribution in [0.3, 0.4) is 0 Å². The van der Waals surface area contributed by atoms with E-state index in [-0.39, 0.29) is 21.4 Å². The molecule has 2 unspecified atom stereocenters. The van der Waals surface area contributed by atoms with Crippen LogP contribution in [0.25, 0.3) is 0 Å². The molecule has 4 nitrogen and oxygen atoms in total. The van der Waals surface area contributed by atoms with Gasteiger partial charge in [-0.05, 0) is 6.08 Å². The van der Waals surface area contributed by atoms with Crippen molar-refractivity contribution < 1.29 is 17.8 Å². The normalized spacial score (nSPS) is 27.5. The standard InChI is InChI=1S/C7H10O4S3/c1-2-5(8)6-3-12-7(13-6)4-14(9,10)11/h2,6-7H,1,3-4H2,(H,9,10,11). The largest absolute Gasteiger partial charge is 0.294 e. The first kappa shape index (κ1) is 12.1. The summed E-state index contributed by atoms with van der Waals surface area (Å²) in [6.45, 7) is 3.37. The molecular weight excluding hydrogens is 244 g/mol. The molecule has 1 fully saturated rings. The molecule has 1 aliphatic heterocycles. The molecule has 0 aromatic carbocycles. The lowest BCUT2D eigenvalue weighted by atomic mass is 10.3. The number of ketones is 1. The van der Waals surface area contributed by atoms with Crippen LogP contribution >= 0.6 is 23.5 Å². The molecule has 0 aromatic rings. The fraction of sp³-hybridized carbons (Fsp3) is 0.571. The molecule has 7 heteroatoms. The van der Waals surface area contributed by atoms with Gasteiger partial charge in [0.1, 0.15) is 0 Å². The fourth-order valence-electron chi connectivity index (χ4n) is 0.997. The van der Waals surface area contributed by atoms with E-state index in [1.54, 1.807) is 0 Å². The van der Waals surface area contributed by atoms with Crippen LogP contribution in [0, 0.1) is 0 Å². The Labute approximate surface area is 91.3 Å². The van der Waals surface area contributed by atoms with E-state index < -0.39 is 10.1 Å². The molecule has 1 saturated heterocycles. The van der Waals surface area contributed by atoms with Crippen molar-refractivity contribution in [2.45, 2.75) is 9.83 Å². The van der Waals surface area contributed by atoms with E-state index in [0.717, 1.165) is 0 Å². The summed E-state index contributed by atoms with van der Waals surface area (Å²) >= 11 is 2.65. The number of carbonyl (C=O) groups excluding carboxylic acids is 1. The van der Waals surface area contributed by atoms with Crippen LogP contribution in [-0.4, -0.2) is 40.1 Å². The second-order valence-electron chi connectivity index (χ2n) is 2.74. The second-order valence-corrected chi connectivity index (χ2v) is 7.18. The third-order valence-electron chi connectivity index (χ3n) is 1.61. The Morgan fingerprint density at radius 1 is 1.64 bits per heavy atom. The fourth-order valence-corrected chi connectivity index (χ4v) is 5.72. The molecule has 1 rings (SSSR count). The Morgan fingerprint density at radius 2 is 2.29 bits per heavy atom. The van der Waals surface area contributed by atoms with Crippen LogP contribution in [0.4, 0.5) is 0 Å². The summed E-state index contributed by atoms with van der Waals surface area (Å²) in [5.41, 5.74) is 0. The summed E-state index contributed by atoms with van der Waals surface area (Å²) in [7, 11) is -3.94. The molecule has 0 saturated carbocycles. The zero-order valence-electron chi connectivity index (χ0n) is 7.25. The molecule has 2 atom stereocenters. The van der Waals surface area contributed by atoms with Gasteiger partial charge in [0, 0.05) is 5.75 Å². The number of thioether (sulfide) groups is 2. The third kappa shape index (κ3) is 3.64. The van der Waals surface area contributed by atoms with Gasteiger partial charge in [-0.3, -0.25) is 9.35 Å². The van der Waals surface area contributed by atoms with Crippen molar-refractivity contribution in [1.82, 2.24) is 0 Å². The third-order valence-corrected chi connectivity index (χ3v) is 6.01. The molecule has 80 valence electrons. The molecule has 0 aliphatic carbocycles. The smallest absolute Gasteiger partial charge is 0.266 e. The maximum atomic E-state index is 11.2. The highest BCUT2D eigenvalue weighted by Gasteiger charge is 2.32. The first-order valence-electron chi connectivity index (χ1n) is 3.81. The molecular formula is C7H10O4S3. The van der Waals surface area contributed by atoms with Gasteiger partial charge >= 0.3 is 0 Å². The first-order chi connectivity index (χ1) is 6.42. The van der Waals surface area contributed by atoms with Crippen molar-refractivity contribution in [1.29, 1.82) is 0 Å². The lowest BCUT2D eigenvalue weighted by molar-refractivity contribution is -0.113. The summed E-state index contributed by atoms with van der Waals surface area (Å²) in [5.74, 6) is 0.194. The van der Waals surface area contributed by atoms with Crippen molar-refractivity contribution in [2.24, 2.45) is 0 Å². The van der Waals surface area contributed by atoms with E-state index in [4.69, 9.17) is 4.55 Å². The highest BCUT2D eigenvalue weighted by Crippen LogP contribution is 2.38. The van der Waals surface area contributed by atoms with Crippen LogP contribution in [0.15, 0.2) is 12.7 Å². The molecule has 1 heterocycles. The highest BCUT2D eigenvalue weighted by atomic mass is 32.2. The Morgan fingerprint density at radius 3 is 2.79 bits per heavy atom. The Bertz CT molecular complexity index is 335. The van der Waals surface area contributed by atoms with Crippen molar-refractivity contribution in [3.63, 3.8) is 0 Å².